The lowest BCUT2D eigenvalue weighted by atomic mass is 9.86. The van der Waals surface area contributed by atoms with Crippen LogP contribution in [0.15, 0.2) is 26.8 Å². The SMILES string of the molecule is CC(C)(C)C1(C)OC(=O)C(=Cc2ccc(Br)o2)C(=O)O1. The van der Waals surface area contributed by atoms with Gasteiger partial charge in [-0.3, -0.25) is 0 Å². The van der Waals surface area contributed by atoms with Crippen LogP contribution in [0.2, 0.25) is 0 Å². The minimum absolute atomic E-state index is 0.187. The fourth-order valence-corrected chi connectivity index (χ4v) is 1.86. The molecule has 1 aromatic rings. The molecule has 1 aromatic heterocycles. The summed E-state index contributed by atoms with van der Waals surface area (Å²) in [6, 6.07) is 3.28. The molecule has 1 aliphatic rings. The Kier molecular flexibility index (Phi) is 3.54. The highest BCUT2D eigenvalue weighted by atomic mass is 79.9. The zero-order valence-electron chi connectivity index (χ0n) is 11.7. The fourth-order valence-electron chi connectivity index (χ4n) is 1.54. The standard InChI is InChI=1S/C14H15BrO5/c1-13(2,3)14(4)19-11(16)9(12(17)20-14)7-8-5-6-10(15)18-8/h5-7H,1-4H3. The first-order chi connectivity index (χ1) is 9.12. The Morgan fingerprint density at radius 1 is 1.15 bits per heavy atom. The summed E-state index contributed by atoms with van der Waals surface area (Å²) < 4.78 is 16.3. The summed E-state index contributed by atoms with van der Waals surface area (Å²) in [6.07, 6.45) is 1.30. The van der Waals surface area contributed by atoms with Crippen LogP contribution in [0.4, 0.5) is 0 Å². The number of halogens is 1. The molecule has 0 N–H and O–H groups in total. The molecule has 0 saturated carbocycles. The average Bonchev–Trinajstić information content (AvgIpc) is 2.68. The van der Waals surface area contributed by atoms with Crippen molar-refractivity contribution >= 4 is 33.9 Å². The van der Waals surface area contributed by atoms with Gasteiger partial charge in [-0.05, 0) is 28.1 Å². The molecule has 20 heavy (non-hydrogen) atoms. The minimum atomic E-state index is -1.29. The largest absolute Gasteiger partial charge is 0.450 e. The maximum Gasteiger partial charge on any atom is 0.349 e. The highest BCUT2D eigenvalue weighted by molar-refractivity contribution is 9.10. The van der Waals surface area contributed by atoms with Crippen LogP contribution in [-0.2, 0) is 19.1 Å². The van der Waals surface area contributed by atoms with E-state index in [4.69, 9.17) is 13.9 Å². The van der Waals surface area contributed by atoms with E-state index < -0.39 is 23.1 Å². The molecule has 0 aliphatic carbocycles. The van der Waals surface area contributed by atoms with E-state index in [0.29, 0.717) is 10.4 Å². The Bertz CT molecular complexity index is 571. The first-order valence-electron chi connectivity index (χ1n) is 6.06. The molecule has 108 valence electrons. The van der Waals surface area contributed by atoms with Crippen LogP contribution in [-0.4, -0.2) is 17.7 Å². The Morgan fingerprint density at radius 3 is 2.10 bits per heavy atom. The number of hydrogen-bond donors (Lipinski definition) is 0. The summed E-state index contributed by atoms with van der Waals surface area (Å²) in [6.45, 7) is 7.05. The van der Waals surface area contributed by atoms with E-state index in [0.717, 1.165) is 0 Å². The lowest BCUT2D eigenvalue weighted by Gasteiger charge is -2.42. The normalized spacial score (nSPS) is 23.4. The molecule has 1 aliphatic heterocycles. The minimum Gasteiger partial charge on any atom is -0.450 e. The summed E-state index contributed by atoms with van der Waals surface area (Å²) in [5.74, 6) is -2.36. The molecule has 0 spiro atoms. The maximum absolute atomic E-state index is 12.0. The van der Waals surface area contributed by atoms with Crippen molar-refractivity contribution in [2.24, 2.45) is 5.41 Å². The van der Waals surface area contributed by atoms with Crippen LogP contribution in [0.5, 0.6) is 0 Å². The molecule has 0 atom stereocenters. The highest BCUT2D eigenvalue weighted by Crippen LogP contribution is 2.39. The molecule has 6 heteroatoms. The quantitative estimate of drug-likeness (QED) is 0.445. The number of esters is 2. The third-order valence-corrected chi connectivity index (χ3v) is 3.68. The van der Waals surface area contributed by atoms with Crippen molar-refractivity contribution in [3.63, 3.8) is 0 Å². The van der Waals surface area contributed by atoms with Crippen molar-refractivity contribution in [1.29, 1.82) is 0 Å². The monoisotopic (exact) mass is 342 g/mol. The van der Waals surface area contributed by atoms with Crippen molar-refractivity contribution in [2.75, 3.05) is 0 Å². The molecule has 0 aromatic carbocycles. The van der Waals surface area contributed by atoms with Crippen molar-refractivity contribution in [3.05, 3.63) is 28.1 Å². The van der Waals surface area contributed by atoms with Crippen molar-refractivity contribution in [2.45, 2.75) is 33.5 Å². The van der Waals surface area contributed by atoms with Crippen LogP contribution < -0.4 is 0 Å². The van der Waals surface area contributed by atoms with E-state index in [-0.39, 0.29) is 5.57 Å². The van der Waals surface area contributed by atoms with Gasteiger partial charge >= 0.3 is 11.9 Å². The van der Waals surface area contributed by atoms with E-state index in [1.807, 2.05) is 20.8 Å². The summed E-state index contributed by atoms with van der Waals surface area (Å²) in [5.41, 5.74) is -0.717. The second kappa shape index (κ2) is 4.77. The highest BCUT2D eigenvalue weighted by Gasteiger charge is 2.50. The molecule has 0 radical (unpaired) electrons. The van der Waals surface area contributed by atoms with Gasteiger partial charge in [0.05, 0.1) is 0 Å². The number of rotatable bonds is 1. The first kappa shape index (κ1) is 14.8. The van der Waals surface area contributed by atoms with E-state index >= 15 is 0 Å². The van der Waals surface area contributed by atoms with E-state index in [1.165, 1.54) is 6.08 Å². The molecule has 2 rings (SSSR count). The average molecular weight is 343 g/mol. The maximum atomic E-state index is 12.0. The molecular formula is C14H15BrO5. The second-order valence-electron chi connectivity index (χ2n) is 5.67. The number of carbonyl (C=O) groups is 2. The predicted octanol–water partition coefficient (Wildman–Crippen LogP) is 3.29. The van der Waals surface area contributed by atoms with E-state index in [2.05, 4.69) is 15.9 Å². The second-order valence-corrected chi connectivity index (χ2v) is 6.46. The van der Waals surface area contributed by atoms with Gasteiger partial charge in [-0.25, -0.2) is 9.59 Å². The number of carbonyl (C=O) groups excluding carboxylic acids is 2. The van der Waals surface area contributed by atoms with Gasteiger partial charge in [0.1, 0.15) is 11.3 Å². The zero-order chi connectivity index (χ0) is 15.1. The van der Waals surface area contributed by atoms with Gasteiger partial charge in [-0.2, -0.15) is 0 Å². The summed E-state index contributed by atoms with van der Waals surface area (Å²) in [7, 11) is 0. The van der Waals surface area contributed by atoms with Gasteiger partial charge < -0.3 is 13.9 Å². The third-order valence-electron chi connectivity index (χ3n) is 3.26. The Labute approximate surface area is 125 Å². The third kappa shape index (κ3) is 2.65. The number of furan rings is 1. The molecule has 0 bridgehead atoms. The van der Waals surface area contributed by atoms with Crippen LogP contribution >= 0.6 is 15.9 Å². The predicted molar refractivity (Wildman–Crippen MR) is 74.4 cm³/mol. The Hall–Kier alpha value is -1.56. The lowest BCUT2D eigenvalue weighted by molar-refractivity contribution is -0.261. The molecule has 1 fully saturated rings. The smallest absolute Gasteiger partial charge is 0.349 e. The lowest BCUT2D eigenvalue weighted by Crippen LogP contribution is -2.52. The van der Waals surface area contributed by atoms with Gasteiger partial charge in [0.2, 0.25) is 0 Å². The first-order valence-corrected chi connectivity index (χ1v) is 6.85. The molecular weight excluding hydrogens is 328 g/mol. The van der Waals surface area contributed by atoms with Gasteiger partial charge in [0, 0.05) is 18.4 Å². The molecule has 5 nitrogen and oxygen atoms in total. The number of ether oxygens (including phenoxy) is 2. The number of cyclic esters (lactones) is 2. The summed E-state index contributed by atoms with van der Waals surface area (Å²) in [5, 5.41) is 0. The van der Waals surface area contributed by atoms with E-state index in [1.54, 1.807) is 19.1 Å². The van der Waals surface area contributed by atoms with Crippen molar-refractivity contribution < 1.29 is 23.5 Å². The molecule has 1 saturated heterocycles. The summed E-state index contributed by atoms with van der Waals surface area (Å²) >= 11 is 3.14. The van der Waals surface area contributed by atoms with Crippen LogP contribution in [0.25, 0.3) is 6.08 Å². The summed E-state index contributed by atoms with van der Waals surface area (Å²) in [4.78, 5) is 24.1. The molecule has 2 heterocycles. The number of hydrogen-bond acceptors (Lipinski definition) is 5. The van der Waals surface area contributed by atoms with Crippen LogP contribution in [0.1, 0.15) is 33.5 Å². The van der Waals surface area contributed by atoms with Gasteiger partial charge in [0.15, 0.2) is 4.67 Å². The fraction of sp³-hybridized carbons (Fsp3) is 0.429. The van der Waals surface area contributed by atoms with Crippen molar-refractivity contribution in [3.8, 4) is 0 Å². The van der Waals surface area contributed by atoms with Gasteiger partial charge in [-0.1, -0.05) is 20.8 Å². The molecule has 0 unspecified atom stereocenters. The Morgan fingerprint density at radius 2 is 1.70 bits per heavy atom. The topological polar surface area (TPSA) is 65.7 Å². The van der Waals surface area contributed by atoms with Crippen LogP contribution in [0.3, 0.4) is 0 Å². The zero-order valence-corrected chi connectivity index (χ0v) is 13.2. The van der Waals surface area contributed by atoms with Gasteiger partial charge in [0.25, 0.3) is 5.79 Å². The van der Waals surface area contributed by atoms with Crippen molar-refractivity contribution in [1.82, 2.24) is 0 Å². The Balaban J connectivity index is 2.31. The van der Waals surface area contributed by atoms with E-state index in [9.17, 15) is 9.59 Å². The van der Waals surface area contributed by atoms with Crippen LogP contribution in [0, 0.1) is 5.41 Å². The van der Waals surface area contributed by atoms with Gasteiger partial charge in [-0.15, -0.1) is 0 Å². The molecule has 0 amide bonds.